The average Bonchev–Trinajstić information content (AvgIpc) is 3.03. The number of hydrogen-bond donors (Lipinski definition) is 0. The van der Waals surface area contributed by atoms with Gasteiger partial charge in [-0.1, -0.05) is 47.6 Å². The summed E-state index contributed by atoms with van der Waals surface area (Å²) in [6, 6.07) is 17.1. The van der Waals surface area contributed by atoms with Gasteiger partial charge in [0.05, 0.1) is 6.42 Å². The van der Waals surface area contributed by atoms with Crippen LogP contribution in [0.25, 0.3) is 11.3 Å². The molecule has 3 aromatic rings. The van der Waals surface area contributed by atoms with Gasteiger partial charge in [-0.2, -0.15) is 0 Å². The van der Waals surface area contributed by atoms with Crippen molar-refractivity contribution in [3.8, 4) is 11.3 Å². The van der Waals surface area contributed by atoms with E-state index in [-0.39, 0.29) is 18.8 Å². The highest BCUT2D eigenvalue weighted by Crippen LogP contribution is 2.20. The lowest BCUT2D eigenvalue weighted by Crippen LogP contribution is -2.08. The van der Waals surface area contributed by atoms with E-state index >= 15 is 0 Å². The fourth-order valence-electron chi connectivity index (χ4n) is 2.14. The number of benzene rings is 2. The van der Waals surface area contributed by atoms with Crippen LogP contribution in [0.15, 0.2) is 65.2 Å². The molecule has 2 aromatic carbocycles. The van der Waals surface area contributed by atoms with Crippen LogP contribution in [0.5, 0.6) is 0 Å². The molecule has 4 nitrogen and oxygen atoms in total. The molecule has 5 heteroatoms. The summed E-state index contributed by atoms with van der Waals surface area (Å²) in [6.07, 6.45) is 0.0150. The normalized spacial score (nSPS) is 10.5. The van der Waals surface area contributed by atoms with Gasteiger partial charge in [-0.3, -0.25) is 4.79 Å². The molecule has 0 unspecified atom stereocenters. The van der Waals surface area contributed by atoms with Crippen molar-refractivity contribution >= 4 is 5.97 Å². The molecule has 3 rings (SSSR count). The Bertz CT molecular complexity index is 799. The minimum Gasteiger partial charge on any atom is -0.459 e. The monoisotopic (exact) mass is 311 g/mol. The van der Waals surface area contributed by atoms with Crippen LogP contribution in [-0.4, -0.2) is 11.1 Å². The number of halogens is 1. The van der Waals surface area contributed by atoms with Gasteiger partial charge in [0.1, 0.15) is 18.1 Å². The summed E-state index contributed by atoms with van der Waals surface area (Å²) in [5.41, 5.74) is 1.99. The van der Waals surface area contributed by atoms with Crippen molar-refractivity contribution in [2.24, 2.45) is 0 Å². The van der Waals surface area contributed by atoms with Crippen molar-refractivity contribution in [3.63, 3.8) is 0 Å². The van der Waals surface area contributed by atoms with Crippen LogP contribution in [0.2, 0.25) is 0 Å². The molecular weight excluding hydrogens is 297 g/mol. The molecule has 1 heterocycles. The topological polar surface area (TPSA) is 52.3 Å². The zero-order valence-electron chi connectivity index (χ0n) is 12.2. The standard InChI is InChI=1S/C18H14FNO3/c19-15-8-4-5-13(9-15)10-18(21)22-12-16-11-17(23-20-16)14-6-2-1-3-7-14/h1-9,11H,10,12H2. The van der Waals surface area contributed by atoms with E-state index in [4.69, 9.17) is 9.26 Å². The van der Waals surface area contributed by atoms with Crippen LogP contribution >= 0.6 is 0 Å². The van der Waals surface area contributed by atoms with E-state index in [9.17, 15) is 9.18 Å². The fourth-order valence-corrected chi connectivity index (χ4v) is 2.14. The van der Waals surface area contributed by atoms with E-state index in [1.54, 1.807) is 18.2 Å². The largest absolute Gasteiger partial charge is 0.459 e. The van der Waals surface area contributed by atoms with Gasteiger partial charge in [-0.25, -0.2) is 4.39 Å². The van der Waals surface area contributed by atoms with E-state index in [0.717, 1.165) is 5.56 Å². The fraction of sp³-hybridized carbons (Fsp3) is 0.111. The molecule has 0 fully saturated rings. The number of carbonyl (C=O) groups is 1. The lowest BCUT2D eigenvalue weighted by atomic mass is 10.1. The molecule has 0 saturated carbocycles. The maximum absolute atomic E-state index is 13.1. The Labute approximate surface area is 132 Å². The zero-order chi connectivity index (χ0) is 16.1. The Morgan fingerprint density at radius 1 is 1.09 bits per heavy atom. The van der Waals surface area contributed by atoms with E-state index in [1.165, 1.54) is 12.1 Å². The molecule has 0 amide bonds. The van der Waals surface area contributed by atoms with Crippen molar-refractivity contribution in [2.75, 3.05) is 0 Å². The second-order valence-electron chi connectivity index (χ2n) is 5.02. The van der Waals surface area contributed by atoms with E-state index in [2.05, 4.69) is 5.16 Å². The number of ether oxygens (including phenoxy) is 1. The smallest absolute Gasteiger partial charge is 0.310 e. The van der Waals surface area contributed by atoms with Crippen LogP contribution < -0.4 is 0 Å². The molecule has 0 aliphatic carbocycles. The predicted octanol–water partition coefficient (Wildman–Crippen LogP) is 3.77. The van der Waals surface area contributed by atoms with Gasteiger partial charge in [-0.15, -0.1) is 0 Å². The number of nitrogens with zero attached hydrogens (tertiary/aromatic N) is 1. The lowest BCUT2D eigenvalue weighted by molar-refractivity contribution is -0.144. The molecule has 0 saturated heterocycles. The Hall–Kier alpha value is -2.95. The van der Waals surface area contributed by atoms with Gasteiger partial charge in [0, 0.05) is 11.6 Å². The highest BCUT2D eigenvalue weighted by molar-refractivity contribution is 5.72. The first kappa shape index (κ1) is 15.0. The molecule has 23 heavy (non-hydrogen) atoms. The third-order valence-corrected chi connectivity index (χ3v) is 3.24. The van der Waals surface area contributed by atoms with Gasteiger partial charge < -0.3 is 9.26 Å². The third kappa shape index (κ3) is 4.03. The number of carbonyl (C=O) groups excluding carboxylic acids is 1. The molecule has 116 valence electrons. The summed E-state index contributed by atoms with van der Waals surface area (Å²) >= 11 is 0. The molecule has 0 aliphatic rings. The van der Waals surface area contributed by atoms with Crippen molar-refractivity contribution in [1.29, 1.82) is 0 Å². The molecule has 0 N–H and O–H groups in total. The predicted molar refractivity (Wildman–Crippen MR) is 81.8 cm³/mol. The van der Waals surface area contributed by atoms with Gasteiger partial charge in [0.25, 0.3) is 0 Å². The molecule has 1 aromatic heterocycles. The van der Waals surface area contributed by atoms with Crippen LogP contribution in [0.1, 0.15) is 11.3 Å². The quantitative estimate of drug-likeness (QED) is 0.673. The van der Waals surface area contributed by atoms with Crippen molar-refractivity contribution in [1.82, 2.24) is 5.16 Å². The number of rotatable bonds is 5. The van der Waals surface area contributed by atoms with Crippen LogP contribution in [0, 0.1) is 5.82 Å². The summed E-state index contributed by atoms with van der Waals surface area (Å²) in [5.74, 6) is -0.207. The van der Waals surface area contributed by atoms with Crippen molar-refractivity contribution < 1.29 is 18.4 Å². The molecule has 0 spiro atoms. The van der Waals surface area contributed by atoms with Crippen LogP contribution in [0.4, 0.5) is 4.39 Å². The zero-order valence-corrected chi connectivity index (χ0v) is 12.2. The Morgan fingerprint density at radius 2 is 1.91 bits per heavy atom. The highest BCUT2D eigenvalue weighted by Gasteiger charge is 2.10. The van der Waals surface area contributed by atoms with Gasteiger partial charge in [0.2, 0.25) is 0 Å². The maximum Gasteiger partial charge on any atom is 0.310 e. The Morgan fingerprint density at radius 3 is 2.70 bits per heavy atom. The number of aromatic nitrogens is 1. The summed E-state index contributed by atoms with van der Waals surface area (Å²) in [7, 11) is 0. The molecular formula is C18H14FNO3. The SMILES string of the molecule is O=C(Cc1cccc(F)c1)OCc1cc(-c2ccccc2)on1. The van der Waals surface area contributed by atoms with Crippen LogP contribution in [0.3, 0.4) is 0 Å². The molecule has 0 radical (unpaired) electrons. The first-order chi connectivity index (χ1) is 11.2. The summed E-state index contributed by atoms with van der Waals surface area (Å²) < 4.78 is 23.4. The van der Waals surface area contributed by atoms with E-state index in [1.807, 2.05) is 30.3 Å². The Balaban J connectivity index is 1.56. The first-order valence-corrected chi connectivity index (χ1v) is 7.12. The minimum atomic E-state index is -0.445. The molecule has 0 bridgehead atoms. The maximum atomic E-state index is 13.1. The Kier molecular flexibility index (Phi) is 4.47. The number of esters is 1. The third-order valence-electron chi connectivity index (χ3n) is 3.24. The lowest BCUT2D eigenvalue weighted by Gasteiger charge is -2.02. The van der Waals surface area contributed by atoms with E-state index in [0.29, 0.717) is 17.0 Å². The molecule has 0 atom stereocenters. The van der Waals surface area contributed by atoms with Crippen molar-refractivity contribution in [2.45, 2.75) is 13.0 Å². The summed E-state index contributed by atoms with van der Waals surface area (Å²) in [4.78, 5) is 11.8. The summed E-state index contributed by atoms with van der Waals surface area (Å²) in [6.45, 7) is 0.0183. The number of hydrogen-bond acceptors (Lipinski definition) is 4. The second kappa shape index (κ2) is 6.87. The first-order valence-electron chi connectivity index (χ1n) is 7.12. The minimum absolute atomic E-state index is 0.0150. The second-order valence-corrected chi connectivity index (χ2v) is 5.02. The van der Waals surface area contributed by atoms with Crippen LogP contribution in [-0.2, 0) is 22.6 Å². The summed E-state index contributed by atoms with van der Waals surface area (Å²) in [5, 5.41) is 3.87. The van der Waals surface area contributed by atoms with Crippen molar-refractivity contribution in [3.05, 3.63) is 77.7 Å². The molecule has 0 aliphatic heterocycles. The van der Waals surface area contributed by atoms with Gasteiger partial charge >= 0.3 is 5.97 Å². The highest BCUT2D eigenvalue weighted by atomic mass is 19.1. The van der Waals surface area contributed by atoms with Gasteiger partial charge in [-0.05, 0) is 17.7 Å². The van der Waals surface area contributed by atoms with Gasteiger partial charge in [0.15, 0.2) is 5.76 Å². The average molecular weight is 311 g/mol. The van der Waals surface area contributed by atoms with E-state index < -0.39 is 5.97 Å².